The molecule has 0 fully saturated rings. The maximum Gasteiger partial charge on any atom is 0.355 e. The smallest absolute Gasteiger partial charge is 0.355 e. The zero-order valence-corrected chi connectivity index (χ0v) is 19.4. The molecule has 5 nitrogen and oxygen atoms in total. The third-order valence-corrected chi connectivity index (χ3v) is 5.53. The average molecular weight is 457 g/mol. The predicted molar refractivity (Wildman–Crippen MR) is 130 cm³/mol. The Morgan fingerprint density at radius 1 is 0.794 bits per heavy atom. The number of carbonyl (C=O) groups excluding carboxylic acids is 3. The first-order chi connectivity index (χ1) is 16.4. The summed E-state index contributed by atoms with van der Waals surface area (Å²) in [4.78, 5) is 39.2. The van der Waals surface area contributed by atoms with Crippen LogP contribution in [0.3, 0.4) is 0 Å². The molecule has 0 aliphatic carbocycles. The van der Waals surface area contributed by atoms with Crippen molar-refractivity contribution in [2.24, 2.45) is 0 Å². The Morgan fingerprint density at radius 3 is 1.56 bits per heavy atom. The van der Waals surface area contributed by atoms with E-state index in [2.05, 4.69) is 6.58 Å². The molecule has 0 radical (unpaired) electrons. The summed E-state index contributed by atoms with van der Waals surface area (Å²) in [5, 5.41) is 0. The second-order valence-electron chi connectivity index (χ2n) is 8.02. The first-order valence-electron chi connectivity index (χ1n) is 11.2. The SMILES string of the molecule is C=C(C)C(=O)OC(CCC)C(=O)OC(=O)C(c1ccccc1)(c1ccccc1)c1ccccc1. The monoisotopic (exact) mass is 456 g/mol. The predicted octanol–water partition coefficient (Wildman–Crippen LogP) is 5.38. The molecule has 3 rings (SSSR count). The molecule has 0 saturated carbocycles. The van der Waals surface area contributed by atoms with Crippen molar-refractivity contribution in [2.75, 3.05) is 0 Å². The minimum Gasteiger partial charge on any atom is -0.447 e. The lowest BCUT2D eigenvalue weighted by atomic mass is 9.69. The summed E-state index contributed by atoms with van der Waals surface area (Å²) in [6, 6.07) is 27.5. The van der Waals surface area contributed by atoms with Gasteiger partial charge in [0.2, 0.25) is 0 Å². The Kier molecular flexibility index (Phi) is 8.14. The highest BCUT2D eigenvalue weighted by Crippen LogP contribution is 2.40. The zero-order valence-electron chi connectivity index (χ0n) is 19.4. The van der Waals surface area contributed by atoms with Gasteiger partial charge in [-0.3, -0.25) is 0 Å². The van der Waals surface area contributed by atoms with Gasteiger partial charge in [-0.15, -0.1) is 0 Å². The van der Waals surface area contributed by atoms with E-state index in [1.807, 2.05) is 97.9 Å². The van der Waals surface area contributed by atoms with E-state index in [1.165, 1.54) is 6.92 Å². The molecule has 0 aliphatic heterocycles. The molecule has 5 heteroatoms. The molecule has 1 atom stereocenters. The molecular formula is C29H28O5. The number of esters is 3. The summed E-state index contributed by atoms with van der Waals surface area (Å²) in [5.74, 6) is -2.38. The maximum atomic E-state index is 14.0. The lowest BCUT2D eigenvalue weighted by molar-refractivity contribution is -0.174. The Labute approximate surface area is 200 Å². The van der Waals surface area contributed by atoms with E-state index in [1.54, 1.807) is 0 Å². The molecule has 0 spiro atoms. The summed E-state index contributed by atoms with van der Waals surface area (Å²) < 4.78 is 10.8. The molecule has 3 aromatic carbocycles. The number of hydrogen-bond donors (Lipinski definition) is 0. The standard InChI is InChI=1S/C29H28O5/c1-4-14-25(33-26(30)21(2)3)27(31)34-28(32)29(22-15-8-5-9-16-22,23-17-10-6-11-18-23)24-19-12-7-13-20-24/h5-13,15-20,25H,2,4,14H2,1,3H3. The van der Waals surface area contributed by atoms with Gasteiger partial charge in [0.1, 0.15) is 5.41 Å². The van der Waals surface area contributed by atoms with E-state index in [-0.39, 0.29) is 12.0 Å². The van der Waals surface area contributed by atoms with Crippen LogP contribution in [0.4, 0.5) is 0 Å². The van der Waals surface area contributed by atoms with Crippen molar-refractivity contribution in [3.8, 4) is 0 Å². The Bertz CT molecular complexity index is 1040. The van der Waals surface area contributed by atoms with E-state index < -0.39 is 29.4 Å². The van der Waals surface area contributed by atoms with Crippen LogP contribution in [0, 0.1) is 0 Å². The van der Waals surface area contributed by atoms with Gasteiger partial charge < -0.3 is 9.47 Å². The average Bonchev–Trinajstić information content (AvgIpc) is 2.86. The Balaban J connectivity index is 2.11. The van der Waals surface area contributed by atoms with Gasteiger partial charge >= 0.3 is 17.9 Å². The van der Waals surface area contributed by atoms with E-state index in [9.17, 15) is 14.4 Å². The summed E-state index contributed by atoms with van der Waals surface area (Å²) >= 11 is 0. The molecule has 1 unspecified atom stereocenters. The van der Waals surface area contributed by atoms with Crippen LogP contribution in [-0.2, 0) is 29.3 Å². The highest BCUT2D eigenvalue weighted by atomic mass is 16.6. The number of carbonyl (C=O) groups is 3. The first-order valence-corrected chi connectivity index (χ1v) is 11.2. The van der Waals surface area contributed by atoms with Gasteiger partial charge in [0.15, 0.2) is 6.10 Å². The lowest BCUT2D eigenvalue weighted by Gasteiger charge is -2.33. The molecule has 34 heavy (non-hydrogen) atoms. The van der Waals surface area contributed by atoms with Crippen molar-refractivity contribution < 1.29 is 23.9 Å². The third kappa shape index (κ3) is 5.15. The Morgan fingerprint density at radius 2 is 1.21 bits per heavy atom. The van der Waals surface area contributed by atoms with Gasteiger partial charge in [-0.05, 0) is 30.0 Å². The second kappa shape index (κ2) is 11.2. The molecular weight excluding hydrogens is 428 g/mol. The molecule has 0 N–H and O–H groups in total. The van der Waals surface area contributed by atoms with E-state index in [4.69, 9.17) is 9.47 Å². The van der Waals surface area contributed by atoms with Crippen molar-refractivity contribution in [3.63, 3.8) is 0 Å². The van der Waals surface area contributed by atoms with Crippen LogP contribution < -0.4 is 0 Å². The van der Waals surface area contributed by atoms with E-state index >= 15 is 0 Å². The van der Waals surface area contributed by atoms with Crippen molar-refractivity contribution in [3.05, 3.63) is 120 Å². The first kappa shape index (κ1) is 24.6. The fourth-order valence-corrected chi connectivity index (χ4v) is 3.87. The summed E-state index contributed by atoms with van der Waals surface area (Å²) in [6.07, 6.45) is -0.433. The summed E-state index contributed by atoms with van der Waals surface area (Å²) in [6.45, 7) is 6.89. The topological polar surface area (TPSA) is 69.7 Å². The quantitative estimate of drug-likeness (QED) is 0.187. The molecule has 3 aromatic rings. The molecule has 0 aromatic heterocycles. The van der Waals surface area contributed by atoms with Crippen molar-refractivity contribution in [2.45, 2.75) is 38.2 Å². The van der Waals surface area contributed by atoms with Gasteiger partial charge in [0, 0.05) is 5.57 Å². The minimum atomic E-state index is -1.41. The van der Waals surface area contributed by atoms with Gasteiger partial charge in [-0.2, -0.15) is 0 Å². The van der Waals surface area contributed by atoms with Crippen molar-refractivity contribution in [1.82, 2.24) is 0 Å². The van der Waals surface area contributed by atoms with Crippen molar-refractivity contribution >= 4 is 17.9 Å². The number of hydrogen-bond acceptors (Lipinski definition) is 5. The highest BCUT2D eigenvalue weighted by molar-refractivity contribution is 5.99. The molecule has 0 heterocycles. The number of ether oxygens (including phenoxy) is 2. The van der Waals surface area contributed by atoms with Crippen LogP contribution in [0.25, 0.3) is 0 Å². The second-order valence-corrected chi connectivity index (χ2v) is 8.02. The lowest BCUT2D eigenvalue weighted by Crippen LogP contribution is -2.43. The van der Waals surface area contributed by atoms with Crippen molar-refractivity contribution in [1.29, 1.82) is 0 Å². The van der Waals surface area contributed by atoms with Gasteiger partial charge in [-0.1, -0.05) is 111 Å². The largest absolute Gasteiger partial charge is 0.447 e. The van der Waals surface area contributed by atoms with Gasteiger partial charge in [0.05, 0.1) is 0 Å². The van der Waals surface area contributed by atoms with Crippen LogP contribution in [0.15, 0.2) is 103 Å². The van der Waals surface area contributed by atoms with E-state index in [0.29, 0.717) is 23.1 Å². The molecule has 0 bridgehead atoms. The summed E-state index contributed by atoms with van der Waals surface area (Å²) in [7, 11) is 0. The van der Waals surface area contributed by atoms with Crippen LogP contribution in [-0.4, -0.2) is 24.0 Å². The summed E-state index contributed by atoms with van der Waals surface area (Å²) in [5.41, 5.74) is 0.699. The van der Waals surface area contributed by atoms with Gasteiger partial charge in [0.25, 0.3) is 0 Å². The number of benzene rings is 3. The minimum absolute atomic E-state index is 0.160. The zero-order chi connectivity index (χ0) is 24.6. The molecule has 174 valence electrons. The third-order valence-electron chi connectivity index (χ3n) is 5.53. The van der Waals surface area contributed by atoms with Crippen LogP contribution in [0.5, 0.6) is 0 Å². The van der Waals surface area contributed by atoms with Crippen LogP contribution >= 0.6 is 0 Å². The highest BCUT2D eigenvalue weighted by Gasteiger charge is 2.47. The molecule has 0 aliphatic rings. The van der Waals surface area contributed by atoms with Crippen LogP contribution in [0.2, 0.25) is 0 Å². The Hall–Kier alpha value is -3.99. The fourth-order valence-electron chi connectivity index (χ4n) is 3.87. The molecule has 0 saturated heterocycles. The van der Waals surface area contributed by atoms with Gasteiger partial charge in [-0.25, -0.2) is 14.4 Å². The maximum absolute atomic E-state index is 14.0. The normalized spacial score (nSPS) is 11.8. The van der Waals surface area contributed by atoms with Crippen LogP contribution in [0.1, 0.15) is 43.4 Å². The molecule has 0 amide bonds. The van der Waals surface area contributed by atoms with E-state index in [0.717, 1.165) is 0 Å². The number of rotatable bonds is 9. The fraction of sp³-hybridized carbons (Fsp3) is 0.207.